The Kier molecular flexibility index (Phi) is 4.71. The van der Waals surface area contributed by atoms with Gasteiger partial charge in [0.15, 0.2) is 6.54 Å². The molecule has 0 spiro atoms. The average Bonchev–Trinajstić information content (AvgIpc) is 2.89. The van der Waals surface area contributed by atoms with Crippen molar-refractivity contribution in [2.24, 2.45) is 11.8 Å². The maximum atomic E-state index is 12.3. The number of amides is 1. The van der Waals surface area contributed by atoms with Crippen molar-refractivity contribution in [3.63, 3.8) is 0 Å². The summed E-state index contributed by atoms with van der Waals surface area (Å²) in [6, 6.07) is 9.84. The zero-order valence-corrected chi connectivity index (χ0v) is 14.3. The molecule has 1 saturated heterocycles. The van der Waals surface area contributed by atoms with Crippen LogP contribution in [-0.2, 0) is 4.79 Å². The van der Waals surface area contributed by atoms with Crippen molar-refractivity contribution < 1.29 is 14.1 Å². The fourth-order valence-corrected chi connectivity index (χ4v) is 3.87. The Morgan fingerprint density at radius 1 is 1.30 bits per heavy atom. The molecule has 0 unspecified atom stereocenters. The summed E-state index contributed by atoms with van der Waals surface area (Å²) in [6.07, 6.45) is 1.28. The van der Waals surface area contributed by atoms with E-state index in [4.69, 9.17) is 4.42 Å². The molecule has 4 nitrogen and oxygen atoms in total. The third-order valence-corrected chi connectivity index (χ3v) is 4.74. The van der Waals surface area contributed by atoms with Crippen LogP contribution < -0.4 is 10.2 Å². The molecule has 1 aromatic heterocycles. The zero-order chi connectivity index (χ0) is 16.4. The van der Waals surface area contributed by atoms with E-state index in [1.807, 2.05) is 37.3 Å². The van der Waals surface area contributed by atoms with Crippen molar-refractivity contribution in [3.8, 4) is 0 Å². The van der Waals surface area contributed by atoms with Gasteiger partial charge >= 0.3 is 0 Å². The van der Waals surface area contributed by atoms with Gasteiger partial charge in [0.25, 0.3) is 5.91 Å². The lowest BCUT2D eigenvalue weighted by atomic mass is 9.92. The Labute approximate surface area is 137 Å². The predicted molar refractivity (Wildman–Crippen MR) is 91.3 cm³/mol. The van der Waals surface area contributed by atoms with Crippen LogP contribution in [0, 0.1) is 11.8 Å². The summed E-state index contributed by atoms with van der Waals surface area (Å²) in [4.78, 5) is 13.7. The normalized spacial score (nSPS) is 26.1. The van der Waals surface area contributed by atoms with Crippen LogP contribution in [0.3, 0.4) is 0 Å². The molecule has 1 fully saturated rings. The molecule has 1 aliphatic rings. The van der Waals surface area contributed by atoms with Crippen LogP contribution in [0.25, 0.3) is 11.0 Å². The van der Waals surface area contributed by atoms with Gasteiger partial charge in [0, 0.05) is 17.2 Å². The summed E-state index contributed by atoms with van der Waals surface area (Å²) in [5.74, 6) is 2.33. The molecule has 23 heavy (non-hydrogen) atoms. The van der Waals surface area contributed by atoms with Gasteiger partial charge in [-0.1, -0.05) is 32.0 Å². The molecule has 2 heterocycles. The van der Waals surface area contributed by atoms with E-state index in [9.17, 15) is 4.79 Å². The number of carbonyl (C=O) groups excluding carboxylic acids is 1. The van der Waals surface area contributed by atoms with Crippen molar-refractivity contribution in [3.05, 3.63) is 36.1 Å². The second-order valence-electron chi connectivity index (χ2n) is 7.26. The Hall–Kier alpha value is -1.81. The molecule has 124 valence electrons. The highest BCUT2D eigenvalue weighted by molar-refractivity contribution is 5.79. The minimum absolute atomic E-state index is 0.103. The number of furan rings is 1. The average molecular weight is 315 g/mol. The van der Waals surface area contributed by atoms with E-state index in [0.717, 1.165) is 29.8 Å². The molecule has 1 aromatic carbocycles. The van der Waals surface area contributed by atoms with Crippen LogP contribution >= 0.6 is 0 Å². The van der Waals surface area contributed by atoms with Crippen LogP contribution in [0.2, 0.25) is 0 Å². The number of quaternary nitrogens is 1. The Balaban J connectivity index is 1.58. The maximum absolute atomic E-state index is 12.3. The lowest BCUT2D eigenvalue weighted by molar-refractivity contribution is -0.904. The van der Waals surface area contributed by atoms with Gasteiger partial charge in [-0.15, -0.1) is 0 Å². The number of likely N-dealkylation sites (tertiary alicyclic amines) is 1. The summed E-state index contributed by atoms with van der Waals surface area (Å²) in [5.41, 5.74) is 0.868. The van der Waals surface area contributed by atoms with Crippen LogP contribution in [0.4, 0.5) is 0 Å². The molecule has 0 aliphatic carbocycles. The van der Waals surface area contributed by atoms with Crippen molar-refractivity contribution in [1.29, 1.82) is 0 Å². The van der Waals surface area contributed by atoms with Gasteiger partial charge in [0.1, 0.15) is 11.3 Å². The molecule has 4 heteroatoms. The van der Waals surface area contributed by atoms with Gasteiger partial charge < -0.3 is 14.6 Å². The number of rotatable bonds is 4. The molecule has 0 bridgehead atoms. The lowest BCUT2D eigenvalue weighted by Gasteiger charge is -2.31. The molecule has 1 amide bonds. The smallest absolute Gasteiger partial charge is 0.275 e. The van der Waals surface area contributed by atoms with Crippen LogP contribution in [0.1, 0.15) is 39.0 Å². The van der Waals surface area contributed by atoms with E-state index in [1.54, 1.807) is 0 Å². The summed E-state index contributed by atoms with van der Waals surface area (Å²) in [6.45, 7) is 9.29. The van der Waals surface area contributed by atoms with Gasteiger partial charge in [-0.25, -0.2) is 0 Å². The van der Waals surface area contributed by atoms with E-state index in [1.165, 1.54) is 11.3 Å². The minimum atomic E-state index is -0.103. The lowest BCUT2D eigenvalue weighted by Crippen LogP contribution is -3.15. The number of fused-ring (bicyclic) bond motifs is 1. The first-order valence-electron chi connectivity index (χ1n) is 8.62. The monoisotopic (exact) mass is 315 g/mol. The largest absolute Gasteiger partial charge is 0.459 e. The van der Waals surface area contributed by atoms with E-state index in [-0.39, 0.29) is 11.9 Å². The van der Waals surface area contributed by atoms with Crippen molar-refractivity contribution >= 4 is 16.9 Å². The van der Waals surface area contributed by atoms with Gasteiger partial charge in [-0.2, -0.15) is 0 Å². The SMILES string of the molecule is C[C@H]1C[C@H](C)C[NH+](CC(=O)N[C@@H](C)c2cc3ccccc3o2)C1. The summed E-state index contributed by atoms with van der Waals surface area (Å²) in [5, 5.41) is 4.16. The fourth-order valence-electron chi connectivity index (χ4n) is 3.87. The molecule has 3 atom stereocenters. The van der Waals surface area contributed by atoms with E-state index < -0.39 is 0 Å². The molecule has 3 rings (SSSR count). The van der Waals surface area contributed by atoms with Crippen molar-refractivity contribution in [2.75, 3.05) is 19.6 Å². The number of nitrogens with one attached hydrogen (secondary N) is 2. The van der Waals surface area contributed by atoms with Crippen molar-refractivity contribution in [1.82, 2.24) is 5.32 Å². The first kappa shape index (κ1) is 16.1. The molecular formula is C19H27N2O2+. The molecule has 2 N–H and O–H groups in total. The number of hydrogen-bond acceptors (Lipinski definition) is 2. The standard InChI is InChI=1S/C19H26N2O2/c1-13-8-14(2)11-21(10-13)12-19(22)20-15(3)18-9-16-6-4-5-7-17(16)23-18/h4-7,9,13-15H,8,10-12H2,1-3H3,(H,20,22)/p+1/t13-,14-,15-/m0/s1. The van der Waals surface area contributed by atoms with Crippen molar-refractivity contribution in [2.45, 2.75) is 33.2 Å². The van der Waals surface area contributed by atoms with Crippen LogP contribution in [0.5, 0.6) is 0 Å². The number of piperidine rings is 1. The third kappa shape index (κ3) is 3.94. The number of para-hydroxylation sites is 1. The molecular weight excluding hydrogens is 288 g/mol. The molecule has 0 saturated carbocycles. The number of hydrogen-bond donors (Lipinski definition) is 2. The van der Waals surface area contributed by atoms with Gasteiger partial charge in [0.05, 0.1) is 19.1 Å². The topological polar surface area (TPSA) is 46.7 Å². The van der Waals surface area contributed by atoms with E-state index >= 15 is 0 Å². The molecule has 2 aromatic rings. The molecule has 0 radical (unpaired) electrons. The summed E-state index contributed by atoms with van der Waals surface area (Å²) >= 11 is 0. The minimum Gasteiger partial charge on any atom is -0.459 e. The second-order valence-corrected chi connectivity index (χ2v) is 7.26. The van der Waals surface area contributed by atoms with E-state index in [0.29, 0.717) is 18.4 Å². The van der Waals surface area contributed by atoms with Crippen LogP contribution in [-0.4, -0.2) is 25.5 Å². The fraction of sp³-hybridized carbons (Fsp3) is 0.526. The summed E-state index contributed by atoms with van der Waals surface area (Å²) in [7, 11) is 0. The number of benzene rings is 1. The quantitative estimate of drug-likeness (QED) is 0.908. The number of carbonyl (C=O) groups is 1. The first-order valence-corrected chi connectivity index (χ1v) is 8.62. The zero-order valence-electron chi connectivity index (χ0n) is 14.3. The first-order chi connectivity index (χ1) is 11.0. The highest BCUT2D eigenvalue weighted by Crippen LogP contribution is 2.23. The predicted octanol–water partition coefficient (Wildman–Crippen LogP) is 2.17. The van der Waals surface area contributed by atoms with E-state index in [2.05, 4.69) is 19.2 Å². The van der Waals surface area contributed by atoms with Gasteiger partial charge in [-0.3, -0.25) is 4.79 Å². The van der Waals surface area contributed by atoms with Crippen LogP contribution in [0.15, 0.2) is 34.7 Å². The Morgan fingerprint density at radius 2 is 2.00 bits per heavy atom. The summed E-state index contributed by atoms with van der Waals surface area (Å²) < 4.78 is 5.83. The Bertz CT molecular complexity index is 636. The van der Waals surface area contributed by atoms with Gasteiger partial charge in [-0.05, 0) is 25.5 Å². The third-order valence-electron chi connectivity index (χ3n) is 4.74. The second kappa shape index (κ2) is 6.75. The molecule has 1 aliphatic heterocycles. The Morgan fingerprint density at radius 3 is 2.70 bits per heavy atom. The highest BCUT2D eigenvalue weighted by Gasteiger charge is 2.27. The maximum Gasteiger partial charge on any atom is 0.275 e. The highest BCUT2D eigenvalue weighted by atomic mass is 16.3. The van der Waals surface area contributed by atoms with Gasteiger partial charge in [0.2, 0.25) is 0 Å².